The van der Waals surface area contributed by atoms with Crippen molar-refractivity contribution in [2.75, 3.05) is 0 Å². The third kappa shape index (κ3) is 3.22. The van der Waals surface area contributed by atoms with Crippen molar-refractivity contribution in [3.63, 3.8) is 0 Å². The molecule has 2 rings (SSSR count). The number of carboxylic acids is 1. The molecule has 0 fully saturated rings. The molecule has 0 aromatic heterocycles. The molecule has 0 unspecified atom stereocenters. The molecule has 0 amide bonds. The van der Waals surface area contributed by atoms with E-state index in [4.69, 9.17) is 10.8 Å². The zero-order chi connectivity index (χ0) is 15.6. The summed E-state index contributed by atoms with van der Waals surface area (Å²) in [5, 5.41) is 8.80. The third-order valence-corrected chi connectivity index (χ3v) is 3.08. The van der Waals surface area contributed by atoms with Gasteiger partial charge in [0.25, 0.3) is 0 Å². The van der Waals surface area contributed by atoms with Crippen molar-refractivity contribution in [1.82, 2.24) is 0 Å². The number of rotatable bonds is 3. The second kappa shape index (κ2) is 5.57. The normalized spacial score (nSPS) is 13.0. The first-order valence-electron chi connectivity index (χ1n) is 6.05. The Morgan fingerprint density at radius 3 is 2.14 bits per heavy atom. The lowest BCUT2D eigenvalue weighted by Gasteiger charge is -2.13. The summed E-state index contributed by atoms with van der Waals surface area (Å²) in [6, 6.07) is 9.72. The van der Waals surface area contributed by atoms with Crippen LogP contribution in [0.4, 0.5) is 13.2 Å². The Hall–Kier alpha value is -2.34. The number of nitrogens with two attached hydrogens (primary N) is 1. The molecule has 1 atom stereocenters. The van der Waals surface area contributed by atoms with Gasteiger partial charge in [0.1, 0.15) is 6.04 Å². The number of hydrogen-bond donors (Lipinski definition) is 2. The van der Waals surface area contributed by atoms with Crippen molar-refractivity contribution >= 4 is 5.97 Å². The van der Waals surface area contributed by atoms with Gasteiger partial charge in [-0.1, -0.05) is 42.5 Å². The summed E-state index contributed by atoms with van der Waals surface area (Å²) in [6.07, 6.45) is -4.45. The van der Waals surface area contributed by atoms with Crippen LogP contribution in [0.25, 0.3) is 11.1 Å². The van der Waals surface area contributed by atoms with E-state index in [2.05, 4.69) is 0 Å². The minimum Gasteiger partial charge on any atom is -0.480 e. The van der Waals surface area contributed by atoms with Crippen molar-refractivity contribution in [2.24, 2.45) is 5.73 Å². The minimum atomic E-state index is -4.45. The van der Waals surface area contributed by atoms with Crippen molar-refractivity contribution in [1.29, 1.82) is 0 Å². The molecule has 6 heteroatoms. The first kappa shape index (κ1) is 15.1. The van der Waals surface area contributed by atoms with Crippen LogP contribution < -0.4 is 5.73 Å². The Bertz CT molecular complexity index is 651. The summed E-state index contributed by atoms with van der Waals surface area (Å²) in [5.41, 5.74) is 5.43. The second-order valence-corrected chi connectivity index (χ2v) is 4.48. The van der Waals surface area contributed by atoms with Gasteiger partial charge in [0.05, 0.1) is 5.56 Å². The maximum absolute atomic E-state index is 12.9. The van der Waals surface area contributed by atoms with Gasteiger partial charge < -0.3 is 10.8 Å². The number of hydrogen-bond acceptors (Lipinski definition) is 2. The Labute approximate surface area is 118 Å². The van der Waals surface area contributed by atoms with E-state index in [9.17, 15) is 18.0 Å². The molecule has 2 aromatic carbocycles. The van der Waals surface area contributed by atoms with Crippen LogP contribution in [0, 0.1) is 0 Å². The number of aliphatic carboxylic acids is 1. The van der Waals surface area contributed by atoms with E-state index in [0.29, 0.717) is 11.1 Å². The average Bonchev–Trinajstić information content (AvgIpc) is 2.45. The highest BCUT2D eigenvalue weighted by molar-refractivity contribution is 5.76. The monoisotopic (exact) mass is 295 g/mol. The van der Waals surface area contributed by atoms with Gasteiger partial charge in [-0.05, 0) is 22.8 Å². The van der Waals surface area contributed by atoms with Crippen molar-refractivity contribution < 1.29 is 23.1 Å². The molecule has 0 saturated heterocycles. The van der Waals surface area contributed by atoms with Crippen LogP contribution in [-0.4, -0.2) is 11.1 Å². The molecule has 3 nitrogen and oxygen atoms in total. The van der Waals surface area contributed by atoms with Crippen LogP contribution in [-0.2, 0) is 11.0 Å². The molecule has 0 radical (unpaired) electrons. The standard InChI is InChI=1S/C15H12F3NO2/c16-15(17,18)12-4-2-1-3-11(12)9-5-7-10(8-6-9)13(19)14(20)21/h1-8,13H,19H2,(H,20,21)/t13-/m0/s1. The molecule has 0 spiro atoms. The predicted octanol–water partition coefficient (Wildman–Crippen LogP) is 3.46. The van der Waals surface area contributed by atoms with Crippen LogP contribution in [0.3, 0.4) is 0 Å². The van der Waals surface area contributed by atoms with Gasteiger partial charge in [0.15, 0.2) is 0 Å². The van der Waals surface area contributed by atoms with E-state index in [1.165, 1.54) is 42.5 Å². The van der Waals surface area contributed by atoms with E-state index < -0.39 is 23.8 Å². The minimum absolute atomic E-state index is 0.0421. The molecule has 0 heterocycles. The van der Waals surface area contributed by atoms with E-state index in [0.717, 1.165) is 6.07 Å². The van der Waals surface area contributed by atoms with Crippen molar-refractivity contribution in [2.45, 2.75) is 12.2 Å². The molecule has 0 saturated carbocycles. The zero-order valence-electron chi connectivity index (χ0n) is 10.8. The Kier molecular flexibility index (Phi) is 3.99. The number of carboxylic acid groups (broad SMARTS) is 1. The molecule has 0 aliphatic carbocycles. The lowest BCUT2D eigenvalue weighted by Crippen LogP contribution is -2.20. The van der Waals surface area contributed by atoms with Gasteiger partial charge in [-0.2, -0.15) is 13.2 Å². The molecular formula is C15H12F3NO2. The molecule has 21 heavy (non-hydrogen) atoms. The molecular weight excluding hydrogens is 283 g/mol. The summed E-state index contributed by atoms with van der Waals surface area (Å²) < 4.78 is 38.8. The predicted molar refractivity (Wildman–Crippen MR) is 71.4 cm³/mol. The summed E-state index contributed by atoms with van der Waals surface area (Å²) in [6.45, 7) is 0. The lowest BCUT2D eigenvalue weighted by molar-refractivity contribution is -0.139. The number of alkyl halides is 3. The highest BCUT2D eigenvalue weighted by Gasteiger charge is 2.33. The van der Waals surface area contributed by atoms with Crippen LogP contribution in [0.2, 0.25) is 0 Å². The molecule has 110 valence electrons. The first-order valence-corrected chi connectivity index (χ1v) is 6.05. The summed E-state index contributed by atoms with van der Waals surface area (Å²) in [5.74, 6) is -1.20. The van der Waals surface area contributed by atoms with Gasteiger partial charge in [-0.25, -0.2) is 0 Å². The largest absolute Gasteiger partial charge is 0.480 e. The smallest absolute Gasteiger partial charge is 0.417 e. The van der Waals surface area contributed by atoms with E-state index in [1.807, 2.05) is 0 Å². The highest BCUT2D eigenvalue weighted by atomic mass is 19.4. The maximum Gasteiger partial charge on any atom is 0.417 e. The van der Waals surface area contributed by atoms with Gasteiger partial charge >= 0.3 is 12.1 Å². The SMILES string of the molecule is N[C@H](C(=O)O)c1ccc(-c2ccccc2C(F)(F)F)cc1. The number of carbonyl (C=O) groups is 1. The fourth-order valence-corrected chi connectivity index (χ4v) is 1.99. The quantitative estimate of drug-likeness (QED) is 0.911. The molecule has 0 aliphatic rings. The molecule has 3 N–H and O–H groups in total. The highest BCUT2D eigenvalue weighted by Crippen LogP contribution is 2.37. The van der Waals surface area contributed by atoms with Crippen molar-refractivity contribution in [3.05, 3.63) is 59.7 Å². The van der Waals surface area contributed by atoms with Gasteiger partial charge in [-0.3, -0.25) is 4.79 Å². The first-order chi connectivity index (χ1) is 9.80. The summed E-state index contributed by atoms with van der Waals surface area (Å²) in [7, 11) is 0. The molecule has 0 bridgehead atoms. The Morgan fingerprint density at radius 2 is 1.62 bits per heavy atom. The number of benzene rings is 2. The van der Waals surface area contributed by atoms with Crippen LogP contribution in [0.5, 0.6) is 0 Å². The topological polar surface area (TPSA) is 63.3 Å². The molecule has 2 aromatic rings. The average molecular weight is 295 g/mol. The van der Waals surface area contributed by atoms with Crippen LogP contribution >= 0.6 is 0 Å². The van der Waals surface area contributed by atoms with Gasteiger partial charge in [-0.15, -0.1) is 0 Å². The number of halogens is 3. The van der Waals surface area contributed by atoms with Gasteiger partial charge in [0.2, 0.25) is 0 Å². The second-order valence-electron chi connectivity index (χ2n) is 4.48. The fourth-order valence-electron chi connectivity index (χ4n) is 1.99. The molecule has 0 aliphatic heterocycles. The maximum atomic E-state index is 12.9. The van der Waals surface area contributed by atoms with Crippen LogP contribution in [0.15, 0.2) is 48.5 Å². The van der Waals surface area contributed by atoms with E-state index >= 15 is 0 Å². The van der Waals surface area contributed by atoms with Crippen LogP contribution in [0.1, 0.15) is 17.2 Å². The van der Waals surface area contributed by atoms with Gasteiger partial charge in [0, 0.05) is 0 Å². The van der Waals surface area contributed by atoms with E-state index in [-0.39, 0.29) is 5.56 Å². The fraction of sp³-hybridized carbons (Fsp3) is 0.133. The summed E-state index contributed by atoms with van der Waals surface area (Å²) >= 11 is 0. The lowest BCUT2D eigenvalue weighted by atomic mass is 9.97. The Balaban J connectivity index is 2.43. The van der Waals surface area contributed by atoms with E-state index in [1.54, 1.807) is 0 Å². The zero-order valence-corrected chi connectivity index (χ0v) is 10.8. The Morgan fingerprint density at radius 1 is 1.05 bits per heavy atom. The van der Waals surface area contributed by atoms with Crippen molar-refractivity contribution in [3.8, 4) is 11.1 Å². The third-order valence-electron chi connectivity index (χ3n) is 3.08. The summed E-state index contributed by atoms with van der Waals surface area (Å²) in [4.78, 5) is 10.8.